The van der Waals surface area contributed by atoms with Gasteiger partial charge in [-0.1, -0.05) is 26.0 Å². The number of benzene rings is 1. The number of hydrogen-bond acceptors (Lipinski definition) is 3. The summed E-state index contributed by atoms with van der Waals surface area (Å²) in [5.74, 6) is 1.32. The zero-order valence-electron chi connectivity index (χ0n) is 10.7. The van der Waals surface area contributed by atoms with Crippen LogP contribution in [0.1, 0.15) is 25.0 Å². The summed E-state index contributed by atoms with van der Waals surface area (Å²) < 4.78 is 11.2. The molecule has 17 heavy (non-hydrogen) atoms. The van der Waals surface area contributed by atoms with Gasteiger partial charge in [0, 0.05) is 5.56 Å². The molecule has 0 amide bonds. The zero-order chi connectivity index (χ0) is 12.5. The summed E-state index contributed by atoms with van der Waals surface area (Å²) in [6, 6.07) is 6.03. The van der Waals surface area contributed by atoms with E-state index < -0.39 is 5.60 Å². The van der Waals surface area contributed by atoms with Gasteiger partial charge >= 0.3 is 0 Å². The van der Waals surface area contributed by atoms with E-state index in [1.807, 2.05) is 25.1 Å². The van der Waals surface area contributed by atoms with Gasteiger partial charge in [0.25, 0.3) is 0 Å². The number of aliphatic hydroxyl groups is 1. The quantitative estimate of drug-likeness (QED) is 0.797. The highest BCUT2D eigenvalue weighted by molar-refractivity contribution is 5.43. The van der Waals surface area contributed by atoms with E-state index in [-0.39, 0.29) is 6.61 Å². The minimum atomic E-state index is -0.514. The van der Waals surface area contributed by atoms with Gasteiger partial charge < -0.3 is 14.6 Å². The Labute approximate surface area is 102 Å². The minimum absolute atomic E-state index is 0.00804. The molecule has 1 saturated heterocycles. The van der Waals surface area contributed by atoms with Crippen LogP contribution in [-0.2, 0) is 10.3 Å². The Kier molecular flexibility index (Phi) is 3.40. The van der Waals surface area contributed by atoms with Gasteiger partial charge in [-0.25, -0.2) is 0 Å². The fourth-order valence-corrected chi connectivity index (χ4v) is 1.80. The molecule has 94 valence electrons. The van der Waals surface area contributed by atoms with Crippen molar-refractivity contribution in [2.75, 3.05) is 19.8 Å². The third-order valence-corrected chi connectivity index (χ3v) is 2.95. The van der Waals surface area contributed by atoms with Gasteiger partial charge in [0.15, 0.2) is 0 Å². The number of ether oxygens (including phenoxy) is 2. The number of hydrogen-bond donors (Lipinski definition) is 1. The highest BCUT2D eigenvalue weighted by Crippen LogP contribution is 2.43. The Morgan fingerprint density at radius 3 is 2.71 bits per heavy atom. The summed E-state index contributed by atoms with van der Waals surface area (Å²) in [7, 11) is 0. The van der Waals surface area contributed by atoms with Crippen molar-refractivity contribution in [3.8, 4) is 5.75 Å². The Morgan fingerprint density at radius 1 is 1.47 bits per heavy atom. The van der Waals surface area contributed by atoms with Crippen LogP contribution in [0.3, 0.4) is 0 Å². The lowest BCUT2D eigenvalue weighted by Crippen LogP contribution is -2.17. The normalized spacial score (nSPS) is 22.9. The SMILES string of the molecule is Cc1ccc(C2(CO)CO2)c(OCC(C)C)c1. The van der Waals surface area contributed by atoms with Crippen LogP contribution in [0.4, 0.5) is 0 Å². The Morgan fingerprint density at radius 2 is 2.18 bits per heavy atom. The maximum Gasteiger partial charge on any atom is 0.143 e. The van der Waals surface area contributed by atoms with Crippen LogP contribution in [0.5, 0.6) is 5.75 Å². The molecule has 1 aromatic carbocycles. The van der Waals surface area contributed by atoms with Crippen molar-refractivity contribution in [3.05, 3.63) is 29.3 Å². The predicted octanol–water partition coefficient (Wildman–Crippen LogP) is 2.25. The highest BCUT2D eigenvalue weighted by atomic mass is 16.6. The van der Waals surface area contributed by atoms with Gasteiger partial charge in [0.1, 0.15) is 11.4 Å². The van der Waals surface area contributed by atoms with Gasteiger partial charge in [-0.05, 0) is 24.5 Å². The van der Waals surface area contributed by atoms with Crippen molar-refractivity contribution in [3.63, 3.8) is 0 Å². The van der Waals surface area contributed by atoms with E-state index in [0.717, 1.165) is 16.9 Å². The van der Waals surface area contributed by atoms with Crippen molar-refractivity contribution in [1.82, 2.24) is 0 Å². The Balaban J connectivity index is 2.25. The van der Waals surface area contributed by atoms with Crippen LogP contribution in [0.25, 0.3) is 0 Å². The van der Waals surface area contributed by atoms with Crippen molar-refractivity contribution < 1.29 is 14.6 Å². The van der Waals surface area contributed by atoms with Gasteiger partial charge in [-0.15, -0.1) is 0 Å². The molecule has 0 aliphatic carbocycles. The first-order chi connectivity index (χ1) is 8.07. The molecule has 1 unspecified atom stereocenters. The largest absolute Gasteiger partial charge is 0.493 e. The molecular formula is C14H20O3. The molecule has 1 aliphatic heterocycles. The zero-order valence-corrected chi connectivity index (χ0v) is 10.7. The lowest BCUT2D eigenvalue weighted by molar-refractivity contribution is 0.166. The first kappa shape index (κ1) is 12.4. The molecule has 0 bridgehead atoms. The number of rotatable bonds is 5. The van der Waals surface area contributed by atoms with Gasteiger partial charge in [-0.3, -0.25) is 0 Å². The topological polar surface area (TPSA) is 42.0 Å². The molecule has 0 aromatic heterocycles. The fraction of sp³-hybridized carbons (Fsp3) is 0.571. The van der Waals surface area contributed by atoms with Gasteiger partial charge in [0.05, 0.1) is 19.8 Å². The third-order valence-electron chi connectivity index (χ3n) is 2.95. The van der Waals surface area contributed by atoms with Crippen molar-refractivity contribution in [1.29, 1.82) is 0 Å². The molecule has 0 saturated carbocycles. The summed E-state index contributed by atoms with van der Waals surface area (Å²) in [5, 5.41) is 9.40. The van der Waals surface area contributed by atoms with Gasteiger partial charge in [-0.2, -0.15) is 0 Å². The molecular weight excluding hydrogens is 216 g/mol. The number of aliphatic hydroxyl groups excluding tert-OH is 1. The average molecular weight is 236 g/mol. The monoisotopic (exact) mass is 236 g/mol. The maximum absolute atomic E-state index is 9.40. The molecule has 1 atom stereocenters. The van der Waals surface area contributed by atoms with E-state index >= 15 is 0 Å². The van der Waals surface area contributed by atoms with Crippen LogP contribution in [0.15, 0.2) is 18.2 Å². The second kappa shape index (κ2) is 4.67. The molecule has 2 rings (SSSR count). The predicted molar refractivity (Wildman–Crippen MR) is 66.2 cm³/mol. The molecule has 1 heterocycles. The van der Waals surface area contributed by atoms with Crippen LogP contribution >= 0.6 is 0 Å². The van der Waals surface area contributed by atoms with Crippen molar-refractivity contribution in [2.24, 2.45) is 5.92 Å². The first-order valence-electron chi connectivity index (χ1n) is 6.06. The van der Waals surface area contributed by atoms with E-state index in [1.165, 1.54) is 0 Å². The maximum atomic E-state index is 9.40. The summed E-state index contributed by atoms with van der Waals surface area (Å²) in [4.78, 5) is 0. The summed E-state index contributed by atoms with van der Waals surface area (Å²) in [5.41, 5.74) is 1.60. The molecule has 1 aliphatic rings. The first-order valence-corrected chi connectivity index (χ1v) is 6.06. The second-order valence-corrected chi connectivity index (χ2v) is 5.15. The lowest BCUT2D eigenvalue weighted by Gasteiger charge is -2.17. The molecule has 1 N–H and O–H groups in total. The second-order valence-electron chi connectivity index (χ2n) is 5.15. The highest BCUT2D eigenvalue weighted by Gasteiger charge is 2.48. The molecule has 3 heteroatoms. The summed E-state index contributed by atoms with van der Waals surface area (Å²) >= 11 is 0. The van der Waals surface area contributed by atoms with Crippen molar-refractivity contribution >= 4 is 0 Å². The smallest absolute Gasteiger partial charge is 0.143 e. The van der Waals surface area contributed by atoms with Gasteiger partial charge in [0.2, 0.25) is 0 Å². The minimum Gasteiger partial charge on any atom is -0.493 e. The summed E-state index contributed by atoms with van der Waals surface area (Å²) in [6.07, 6.45) is 0. The van der Waals surface area contributed by atoms with Crippen molar-refractivity contribution in [2.45, 2.75) is 26.4 Å². The molecule has 3 nitrogen and oxygen atoms in total. The van der Waals surface area contributed by atoms with Crippen LogP contribution < -0.4 is 4.74 Å². The molecule has 1 aromatic rings. The Hall–Kier alpha value is -1.06. The molecule has 0 radical (unpaired) electrons. The van der Waals surface area contributed by atoms with Crippen LogP contribution in [0.2, 0.25) is 0 Å². The summed E-state index contributed by atoms with van der Waals surface area (Å²) in [6.45, 7) is 7.53. The number of epoxide rings is 1. The fourth-order valence-electron chi connectivity index (χ4n) is 1.80. The van der Waals surface area contributed by atoms with E-state index in [2.05, 4.69) is 13.8 Å². The third kappa shape index (κ3) is 2.61. The molecule has 0 spiro atoms. The van der Waals surface area contributed by atoms with E-state index in [1.54, 1.807) is 0 Å². The van der Waals surface area contributed by atoms with Crippen LogP contribution in [0, 0.1) is 12.8 Å². The lowest BCUT2D eigenvalue weighted by atomic mass is 9.98. The van der Waals surface area contributed by atoms with E-state index in [9.17, 15) is 5.11 Å². The van der Waals surface area contributed by atoms with E-state index in [0.29, 0.717) is 19.1 Å². The number of aryl methyl sites for hydroxylation is 1. The standard InChI is InChI=1S/C14H20O3/c1-10(2)7-16-13-6-11(3)4-5-12(13)14(8-15)9-17-14/h4-6,10,15H,7-9H2,1-3H3. The van der Waals surface area contributed by atoms with Crippen LogP contribution in [-0.4, -0.2) is 24.9 Å². The van der Waals surface area contributed by atoms with E-state index in [4.69, 9.17) is 9.47 Å². The molecule has 1 fully saturated rings. The Bertz CT molecular complexity index is 394. The average Bonchev–Trinajstić information content (AvgIpc) is 3.07.